The number of anilines is 6. The Morgan fingerprint density at radius 3 is 1.23 bits per heavy atom. The molecule has 0 spiro atoms. The molecule has 6 heteroatoms. The Balaban J connectivity index is 1.01. The van der Waals surface area contributed by atoms with Gasteiger partial charge in [-0.15, -0.1) is 11.3 Å². The molecule has 2 heterocycles. The number of benzene rings is 8. The van der Waals surface area contributed by atoms with Crippen molar-refractivity contribution in [2.24, 2.45) is 0 Å². The molecule has 2 aliphatic rings. The van der Waals surface area contributed by atoms with E-state index in [9.17, 15) is 4.79 Å². The van der Waals surface area contributed by atoms with E-state index in [0.29, 0.717) is 11.4 Å². The minimum Gasteiger partial charge on any atom is -0.323 e. The van der Waals surface area contributed by atoms with Crippen molar-refractivity contribution in [1.29, 1.82) is 0 Å². The van der Waals surface area contributed by atoms with Gasteiger partial charge < -0.3 is 14.4 Å². The molecule has 0 radical (unpaired) electrons. The first kappa shape index (κ1) is 47.0. The quantitative estimate of drug-likeness (QED) is 0.0960. The molecule has 0 bridgehead atoms. The predicted molar refractivity (Wildman–Crippen MR) is 310 cm³/mol. The Bertz CT molecular complexity index is 3600. The number of fused-ring (bicyclic) bond motifs is 6. The van der Waals surface area contributed by atoms with Gasteiger partial charge in [-0.1, -0.05) is 137 Å². The number of rotatable bonds is 15. The number of hydrogen-bond donors (Lipinski definition) is 0. The average molecular weight is 981 g/mol. The van der Waals surface area contributed by atoms with E-state index in [2.05, 4.69) is 249 Å². The molecule has 0 saturated carbocycles. The Labute approximate surface area is 440 Å². The summed E-state index contributed by atoms with van der Waals surface area (Å²) in [4.78, 5) is 24.2. The van der Waals surface area contributed by atoms with Crippen LogP contribution in [0.2, 0.25) is 0 Å². The van der Waals surface area contributed by atoms with Gasteiger partial charge in [-0.05, 0) is 174 Å². The molecule has 8 aromatic carbocycles. The topological polar surface area (TPSA) is 41.4 Å². The van der Waals surface area contributed by atoms with E-state index < -0.39 is 0 Å². The first-order valence-corrected chi connectivity index (χ1v) is 27.3. The molecule has 2 aliphatic carbocycles. The van der Waals surface area contributed by atoms with E-state index in [1.54, 1.807) is 0 Å². The fourth-order valence-electron chi connectivity index (χ4n) is 12.7. The summed E-state index contributed by atoms with van der Waals surface area (Å²) < 4.78 is 2.39. The molecule has 364 valence electrons. The third-order valence-electron chi connectivity index (χ3n) is 16.5. The Morgan fingerprint density at radius 1 is 0.446 bits per heavy atom. The number of carbonyl (C=O) groups is 1. The van der Waals surface area contributed by atoms with E-state index in [4.69, 9.17) is 4.98 Å². The molecule has 0 atom stereocenters. The normalized spacial score (nSPS) is 13.5. The first-order valence-electron chi connectivity index (χ1n) is 26.4. The lowest BCUT2D eigenvalue weighted by molar-refractivity contribution is 0.112. The maximum atomic E-state index is 12.1. The van der Waals surface area contributed by atoms with Crippen LogP contribution in [-0.2, 0) is 17.4 Å². The zero-order chi connectivity index (χ0) is 50.6. The second-order valence-corrected chi connectivity index (χ2v) is 20.9. The van der Waals surface area contributed by atoms with Crippen molar-refractivity contribution in [2.75, 3.05) is 9.80 Å². The van der Waals surface area contributed by atoms with Crippen LogP contribution in [0.5, 0.6) is 0 Å². The minimum atomic E-state index is -0.213. The van der Waals surface area contributed by atoms with Crippen molar-refractivity contribution >= 4 is 51.7 Å². The number of imidazole rings is 1. The third kappa shape index (κ3) is 7.41. The highest BCUT2D eigenvalue weighted by Gasteiger charge is 2.43. The number of thiophene rings is 1. The van der Waals surface area contributed by atoms with Crippen LogP contribution in [-0.4, -0.2) is 15.8 Å². The summed E-state index contributed by atoms with van der Waals surface area (Å²) in [7, 11) is 0. The molecule has 0 unspecified atom stereocenters. The monoisotopic (exact) mass is 980 g/mol. The van der Waals surface area contributed by atoms with Gasteiger partial charge in [0.15, 0.2) is 12.1 Å². The van der Waals surface area contributed by atoms with Crippen LogP contribution in [0, 0.1) is 0 Å². The molecule has 0 N–H and O–H groups in total. The Hall–Kier alpha value is -8.06. The summed E-state index contributed by atoms with van der Waals surface area (Å²) in [5.41, 5.74) is 21.4. The van der Waals surface area contributed by atoms with Gasteiger partial charge in [0.25, 0.3) is 0 Å². The van der Waals surface area contributed by atoms with Crippen molar-refractivity contribution in [2.45, 2.75) is 77.7 Å². The standard InChI is InChI=1S/C68H60N4OS/c1-6-67(7-2)59-41-46(31-36-55(59)57-38-33-52(43-61(57)67)71(48-23-15-11-16-24-48)49-25-17-12-18-26-49)64-65(70(10-5)66(69-64)63-40-35-54(45-73)74-63)47-32-37-56-58-39-34-53(44-62(58)68(8-3,9-4)60(56)42-47)72(50-27-19-13-20-28-50)51-29-21-14-22-30-51/h11-45H,6-10H2,1-5H3. The summed E-state index contributed by atoms with van der Waals surface area (Å²) >= 11 is 1.51. The Morgan fingerprint density at radius 2 is 0.838 bits per heavy atom. The average Bonchev–Trinajstić information content (AvgIpc) is 4.23. The molecule has 0 fully saturated rings. The summed E-state index contributed by atoms with van der Waals surface area (Å²) in [5.74, 6) is 0.885. The first-order chi connectivity index (χ1) is 36.4. The van der Waals surface area contributed by atoms with E-state index in [1.165, 1.54) is 55.8 Å². The van der Waals surface area contributed by atoms with Crippen LogP contribution < -0.4 is 9.80 Å². The van der Waals surface area contributed by atoms with Gasteiger partial charge >= 0.3 is 0 Å². The van der Waals surface area contributed by atoms with Crippen molar-refractivity contribution in [3.63, 3.8) is 0 Å². The molecule has 5 nitrogen and oxygen atoms in total. The largest absolute Gasteiger partial charge is 0.323 e. The van der Waals surface area contributed by atoms with Gasteiger partial charge in [-0.2, -0.15) is 0 Å². The van der Waals surface area contributed by atoms with Gasteiger partial charge in [0.05, 0.1) is 21.1 Å². The zero-order valence-electron chi connectivity index (χ0n) is 42.8. The van der Waals surface area contributed by atoms with Gasteiger partial charge in [0, 0.05) is 62.6 Å². The van der Waals surface area contributed by atoms with Gasteiger partial charge in [-0.25, -0.2) is 4.98 Å². The molecule has 0 amide bonds. The highest BCUT2D eigenvalue weighted by atomic mass is 32.1. The molecule has 0 aliphatic heterocycles. The van der Waals surface area contributed by atoms with Gasteiger partial charge in [-0.3, -0.25) is 4.79 Å². The smallest absolute Gasteiger partial charge is 0.160 e. The lowest BCUT2D eigenvalue weighted by Gasteiger charge is -2.32. The molecule has 2 aromatic heterocycles. The van der Waals surface area contributed by atoms with Crippen LogP contribution in [0.1, 0.15) is 92.2 Å². The molecular formula is C68H60N4OS. The molecular weight excluding hydrogens is 921 g/mol. The van der Waals surface area contributed by atoms with Crippen LogP contribution in [0.3, 0.4) is 0 Å². The van der Waals surface area contributed by atoms with Crippen LogP contribution in [0.4, 0.5) is 34.1 Å². The summed E-state index contributed by atoms with van der Waals surface area (Å²) in [5, 5.41) is 0. The van der Waals surface area contributed by atoms with Crippen molar-refractivity contribution in [3.8, 4) is 55.5 Å². The maximum Gasteiger partial charge on any atom is 0.160 e. The van der Waals surface area contributed by atoms with Crippen molar-refractivity contribution < 1.29 is 4.79 Å². The Kier molecular flexibility index (Phi) is 12.1. The number of aromatic nitrogens is 2. The summed E-state index contributed by atoms with van der Waals surface area (Å²) in [6, 6.07) is 75.3. The lowest BCUT2D eigenvalue weighted by atomic mass is 9.73. The van der Waals surface area contributed by atoms with E-state index in [-0.39, 0.29) is 10.8 Å². The molecule has 12 rings (SSSR count). The number of aldehydes is 1. The number of para-hydroxylation sites is 4. The SMILES string of the molecule is CCn1c(-c2ccc(C=O)s2)nc(-c2ccc3c(c2)C(CC)(CC)c2cc(N(c4ccccc4)c4ccccc4)ccc2-3)c1-c1ccc2c(c1)C(CC)(CC)c1cc(N(c3ccccc3)c3ccccc3)ccc1-2. The van der Waals surface area contributed by atoms with Gasteiger partial charge in [0.2, 0.25) is 0 Å². The summed E-state index contributed by atoms with van der Waals surface area (Å²) in [6.45, 7) is 12.3. The van der Waals surface area contributed by atoms with E-state index in [0.717, 1.165) is 99.3 Å². The maximum absolute atomic E-state index is 12.1. The highest BCUT2D eigenvalue weighted by molar-refractivity contribution is 7.17. The lowest BCUT2D eigenvalue weighted by Crippen LogP contribution is -2.23. The number of nitrogens with zero attached hydrogens (tertiary/aromatic N) is 4. The molecule has 74 heavy (non-hydrogen) atoms. The predicted octanol–water partition coefficient (Wildman–Crippen LogP) is 18.9. The van der Waals surface area contributed by atoms with Crippen molar-refractivity contribution in [1.82, 2.24) is 9.55 Å². The second-order valence-electron chi connectivity index (χ2n) is 19.8. The fraction of sp³-hybridized carbons (Fsp3) is 0.176. The number of carbonyl (C=O) groups excluding carboxylic acids is 1. The zero-order valence-corrected chi connectivity index (χ0v) is 43.7. The second kappa shape index (κ2) is 19.1. The molecule has 10 aromatic rings. The van der Waals surface area contributed by atoms with Crippen LogP contribution in [0.25, 0.3) is 55.5 Å². The van der Waals surface area contributed by atoms with E-state index in [1.807, 2.05) is 6.07 Å². The third-order valence-corrected chi connectivity index (χ3v) is 17.5. The minimum absolute atomic E-state index is 0.209. The molecule has 0 saturated heterocycles. The fourth-order valence-corrected chi connectivity index (χ4v) is 13.6. The van der Waals surface area contributed by atoms with Crippen LogP contribution in [0.15, 0.2) is 206 Å². The van der Waals surface area contributed by atoms with Gasteiger partial charge in [0.1, 0.15) is 0 Å². The highest BCUT2D eigenvalue weighted by Crippen LogP contribution is 2.58. The van der Waals surface area contributed by atoms with Crippen LogP contribution >= 0.6 is 11.3 Å². The van der Waals surface area contributed by atoms with Crippen molar-refractivity contribution in [3.05, 3.63) is 233 Å². The summed E-state index contributed by atoms with van der Waals surface area (Å²) in [6.07, 6.45) is 4.77. The number of hydrogen-bond acceptors (Lipinski definition) is 5. The van der Waals surface area contributed by atoms with E-state index >= 15 is 0 Å².